The van der Waals surface area contributed by atoms with Crippen LogP contribution < -0.4 is 5.32 Å². The Labute approximate surface area is 113 Å². The summed E-state index contributed by atoms with van der Waals surface area (Å²) in [5.41, 5.74) is 0.0646. The van der Waals surface area contributed by atoms with Crippen LogP contribution in [0.5, 0.6) is 0 Å². The summed E-state index contributed by atoms with van der Waals surface area (Å²) in [6.45, 7) is 4.45. The van der Waals surface area contributed by atoms with Crippen LogP contribution in [0.25, 0.3) is 0 Å². The number of nitrogens with one attached hydrogen (secondary N) is 1. The second-order valence-corrected chi connectivity index (χ2v) is 5.41. The topological polar surface area (TPSA) is 28.4 Å². The van der Waals surface area contributed by atoms with Crippen molar-refractivity contribution in [3.05, 3.63) is 22.6 Å². The molecule has 1 unspecified atom stereocenters. The van der Waals surface area contributed by atoms with Crippen molar-refractivity contribution in [1.29, 1.82) is 0 Å². The molecule has 1 atom stereocenters. The Hall–Kier alpha value is -0.320. The minimum absolute atomic E-state index is 0.0646. The summed E-state index contributed by atoms with van der Waals surface area (Å²) >= 11 is 3.56. The molecule has 1 heterocycles. The molecule has 1 rings (SSSR count). The van der Waals surface area contributed by atoms with Crippen LogP contribution in [0.3, 0.4) is 0 Å². The highest BCUT2D eigenvalue weighted by atomic mass is 79.9. The summed E-state index contributed by atoms with van der Waals surface area (Å²) in [6, 6.07) is 2.13. The summed E-state index contributed by atoms with van der Waals surface area (Å²) < 4.78 is 6.67. The molecular formula is C13H23BrN2O. The fraction of sp³-hybridized carbons (Fsp3) is 0.692. The van der Waals surface area contributed by atoms with Crippen molar-refractivity contribution >= 4 is 15.9 Å². The quantitative estimate of drug-likeness (QED) is 0.873. The summed E-state index contributed by atoms with van der Waals surface area (Å²) in [6.07, 6.45) is 3.86. The van der Waals surface area contributed by atoms with Gasteiger partial charge in [-0.3, -0.25) is 0 Å². The molecule has 0 radical (unpaired) electrons. The van der Waals surface area contributed by atoms with Crippen LogP contribution in [0.2, 0.25) is 0 Å². The van der Waals surface area contributed by atoms with Gasteiger partial charge < -0.3 is 14.6 Å². The van der Waals surface area contributed by atoms with Gasteiger partial charge >= 0.3 is 0 Å². The second-order valence-electron chi connectivity index (χ2n) is 4.56. The zero-order valence-electron chi connectivity index (χ0n) is 11.4. The Morgan fingerprint density at radius 3 is 2.29 bits per heavy atom. The zero-order chi connectivity index (χ0) is 13.1. The van der Waals surface area contributed by atoms with E-state index in [0.29, 0.717) is 0 Å². The van der Waals surface area contributed by atoms with Crippen molar-refractivity contribution < 1.29 is 4.42 Å². The van der Waals surface area contributed by atoms with Gasteiger partial charge in [-0.15, -0.1) is 0 Å². The highest BCUT2D eigenvalue weighted by molar-refractivity contribution is 9.10. The number of hydrogen-bond acceptors (Lipinski definition) is 3. The number of likely N-dealkylation sites (N-methyl/N-ethyl adjacent to an activating group) is 2. The van der Waals surface area contributed by atoms with Gasteiger partial charge in [-0.1, -0.05) is 13.8 Å². The molecule has 0 saturated carbocycles. The molecule has 1 aromatic rings. The summed E-state index contributed by atoms with van der Waals surface area (Å²) in [5, 5.41) is 3.40. The van der Waals surface area contributed by atoms with Gasteiger partial charge in [-0.25, -0.2) is 0 Å². The van der Waals surface area contributed by atoms with Crippen LogP contribution in [-0.4, -0.2) is 31.6 Å². The maximum atomic E-state index is 5.64. The minimum Gasteiger partial charge on any atom is -0.466 e. The lowest BCUT2D eigenvalue weighted by Crippen LogP contribution is -2.52. The maximum absolute atomic E-state index is 5.64. The molecule has 0 aliphatic heterocycles. The van der Waals surface area contributed by atoms with Gasteiger partial charge in [0.25, 0.3) is 0 Å². The third-order valence-corrected chi connectivity index (χ3v) is 4.50. The first-order valence-electron chi connectivity index (χ1n) is 6.11. The van der Waals surface area contributed by atoms with Crippen molar-refractivity contribution in [1.82, 2.24) is 10.2 Å². The summed E-state index contributed by atoms with van der Waals surface area (Å²) in [7, 11) is 6.26. The molecular weight excluding hydrogens is 280 g/mol. The Kier molecular flexibility index (Phi) is 5.22. The van der Waals surface area contributed by atoms with E-state index in [0.717, 1.165) is 23.1 Å². The standard InChI is InChI=1S/C13H23BrN2O/c1-6-13(7-2,16(4)5)12(15-3)11-10(14)8-9-17-11/h8-9,12,15H,6-7H2,1-5H3. The number of nitrogens with zero attached hydrogens (tertiary/aromatic N) is 1. The van der Waals surface area contributed by atoms with E-state index in [4.69, 9.17) is 4.42 Å². The van der Waals surface area contributed by atoms with E-state index in [1.165, 1.54) is 0 Å². The minimum atomic E-state index is 0.0646. The van der Waals surface area contributed by atoms with E-state index in [1.807, 2.05) is 13.1 Å². The molecule has 0 bridgehead atoms. The van der Waals surface area contributed by atoms with Crippen molar-refractivity contribution in [3.8, 4) is 0 Å². The van der Waals surface area contributed by atoms with Gasteiger partial charge in [0.1, 0.15) is 5.76 Å². The van der Waals surface area contributed by atoms with Gasteiger partial charge in [0, 0.05) is 5.54 Å². The molecule has 3 nitrogen and oxygen atoms in total. The van der Waals surface area contributed by atoms with Crippen LogP contribution in [0.4, 0.5) is 0 Å². The second kappa shape index (κ2) is 6.03. The van der Waals surface area contributed by atoms with Crippen LogP contribution in [0, 0.1) is 0 Å². The number of halogens is 1. The maximum Gasteiger partial charge on any atom is 0.136 e. The average molecular weight is 303 g/mol. The molecule has 0 spiro atoms. The van der Waals surface area contributed by atoms with E-state index in [2.05, 4.69) is 54.1 Å². The first-order valence-corrected chi connectivity index (χ1v) is 6.90. The average Bonchev–Trinajstić information content (AvgIpc) is 2.72. The molecule has 4 heteroatoms. The molecule has 1 N–H and O–H groups in total. The molecule has 0 amide bonds. The predicted molar refractivity (Wildman–Crippen MR) is 75.2 cm³/mol. The van der Waals surface area contributed by atoms with Gasteiger partial charge in [-0.05, 0) is 56.0 Å². The number of hydrogen-bond donors (Lipinski definition) is 1. The van der Waals surface area contributed by atoms with E-state index in [9.17, 15) is 0 Å². The summed E-state index contributed by atoms with van der Waals surface area (Å²) in [5.74, 6) is 0.977. The van der Waals surface area contributed by atoms with E-state index >= 15 is 0 Å². The van der Waals surface area contributed by atoms with Gasteiger partial charge in [0.2, 0.25) is 0 Å². The monoisotopic (exact) mass is 302 g/mol. The SMILES string of the molecule is CCC(CC)(C(NC)c1occc1Br)N(C)C. The van der Waals surface area contributed by atoms with Gasteiger partial charge in [-0.2, -0.15) is 0 Å². The van der Waals surface area contributed by atoms with Crippen LogP contribution >= 0.6 is 15.9 Å². The largest absolute Gasteiger partial charge is 0.466 e. The highest BCUT2D eigenvalue weighted by Gasteiger charge is 2.40. The normalized spacial score (nSPS) is 14.3. The van der Waals surface area contributed by atoms with Crippen LogP contribution in [-0.2, 0) is 0 Å². The Morgan fingerprint density at radius 2 is 2.00 bits per heavy atom. The van der Waals surface area contributed by atoms with Gasteiger partial charge in [0.05, 0.1) is 16.8 Å². The molecule has 0 aliphatic rings. The number of furan rings is 1. The highest BCUT2D eigenvalue weighted by Crippen LogP contribution is 2.38. The van der Waals surface area contributed by atoms with Crippen molar-refractivity contribution in [2.45, 2.75) is 38.3 Å². The first kappa shape index (κ1) is 14.7. The molecule has 0 saturated heterocycles. The molecule has 17 heavy (non-hydrogen) atoms. The molecule has 0 fully saturated rings. The van der Waals surface area contributed by atoms with E-state index in [-0.39, 0.29) is 11.6 Å². The van der Waals surface area contributed by atoms with Crippen molar-refractivity contribution in [2.75, 3.05) is 21.1 Å². The lowest BCUT2D eigenvalue weighted by Gasteiger charge is -2.44. The van der Waals surface area contributed by atoms with Crippen molar-refractivity contribution in [3.63, 3.8) is 0 Å². The molecule has 0 aromatic carbocycles. The third-order valence-electron chi connectivity index (χ3n) is 3.85. The Bertz CT molecular complexity index is 345. The first-order chi connectivity index (χ1) is 8.03. The van der Waals surface area contributed by atoms with Crippen LogP contribution in [0.1, 0.15) is 38.5 Å². The van der Waals surface area contributed by atoms with Crippen LogP contribution in [0.15, 0.2) is 21.2 Å². The molecule has 98 valence electrons. The van der Waals surface area contributed by atoms with E-state index < -0.39 is 0 Å². The Morgan fingerprint density at radius 1 is 1.41 bits per heavy atom. The Balaban J connectivity index is 3.19. The molecule has 1 aromatic heterocycles. The zero-order valence-corrected chi connectivity index (χ0v) is 13.0. The van der Waals surface area contributed by atoms with Gasteiger partial charge in [0.15, 0.2) is 0 Å². The lowest BCUT2D eigenvalue weighted by molar-refractivity contribution is 0.0811. The lowest BCUT2D eigenvalue weighted by atomic mass is 9.82. The number of rotatable bonds is 6. The third kappa shape index (κ3) is 2.59. The fourth-order valence-corrected chi connectivity index (χ4v) is 3.13. The fourth-order valence-electron chi connectivity index (χ4n) is 2.70. The van der Waals surface area contributed by atoms with Crippen molar-refractivity contribution in [2.24, 2.45) is 0 Å². The summed E-state index contributed by atoms with van der Waals surface area (Å²) in [4.78, 5) is 2.29. The predicted octanol–water partition coefficient (Wildman–Crippen LogP) is 3.42. The van der Waals surface area contributed by atoms with E-state index in [1.54, 1.807) is 6.26 Å². The molecule has 0 aliphatic carbocycles. The smallest absolute Gasteiger partial charge is 0.136 e.